The van der Waals surface area contributed by atoms with Crippen molar-refractivity contribution in [2.45, 2.75) is 151 Å². The SMILES string of the molecule is CCC(C)CC1CCC(C2CCC(C)C3C(O)C4C(C)C5(C)C(O)C(C(C)O)C(C)CC5(C)CC4(C)CC23)CC1. The van der Waals surface area contributed by atoms with Crippen molar-refractivity contribution in [1.29, 1.82) is 0 Å². The predicted octanol–water partition coefficient (Wildman–Crippen LogP) is 8.34. The van der Waals surface area contributed by atoms with Crippen LogP contribution in [-0.4, -0.2) is 33.6 Å². The van der Waals surface area contributed by atoms with Crippen LogP contribution < -0.4 is 0 Å². The van der Waals surface area contributed by atoms with Gasteiger partial charge in [0.1, 0.15) is 0 Å². The third-order valence-corrected chi connectivity index (χ3v) is 15.4. The summed E-state index contributed by atoms with van der Waals surface area (Å²) in [7, 11) is 0. The lowest BCUT2D eigenvalue weighted by Gasteiger charge is -2.72. The lowest BCUT2D eigenvalue weighted by atomic mass is 9.34. The molecule has 5 fully saturated rings. The highest BCUT2D eigenvalue weighted by Crippen LogP contribution is 2.73. The van der Waals surface area contributed by atoms with E-state index in [0.29, 0.717) is 23.7 Å². The number of hydrogen-bond donors (Lipinski definition) is 3. The summed E-state index contributed by atoms with van der Waals surface area (Å²) in [6.45, 7) is 21.0. The highest BCUT2D eigenvalue weighted by molar-refractivity contribution is 5.18. The first-order valence-corrected chi connectivity index (χ1v) is 17.7. The van der Waals surface area contributed by atoms with Crippen LogP contribution in [0.4, 0.5) is 0 Å². The summed E-state index contributed by atoms with van der Waals surface area (Å²) in [6, 6.07) is 0. The molecule has 3 heteroatoms. The maximum atomic E-state index is 12.5. The highest BCUT2D eigenvalue weighted by Gasteiger charge is 2.70. The van der Waals surface area contributed by atoms with Crippen LogP contribution in [0.2, 0.25) is 0 Å². The van der Waals surface area contributed by atoms with Crippen molar-refractivity contribution in [1.82, 2.24) is 0 Å². The van der Waals surface area contributed by atoms with Gasteiger partial charge in [0.25, 0.3) is 0 Å². The Balaban J connectivity index is 1.42. The summed E-state index contributed by atoms with van der Waals surface area (Å²) in [5, 5.41) is 35.2. The minimum absolute atomic E-state index is 0.0122. The summed E-state index contributed by atoms with van der Waals surface area (Å²) in [6.07, 6.45) is 13.2. The van der Waals surface area contributed by atoms with Crippen LogP contribution in [-0.2, 0) is 0 Å². The van der Waals surface area contributed by atoms with Gasteiger partial charge in [-0.15, -0.1) is 0 Å². The standard InChI is InChI=1S/C37H66O3/c1-10-21(2)17-26-12-14-27(15-13-26)28-16-11-22(3)31-29(28)19-35(7)20-36(8)18-23(4)30(25(6)38)34(40)37(36,9)24(5)32(35)33(31)39/h21-34,38-40H,10-20H2,1-9H3. The minimum Gasteiger partial charge on any atom is -0.393 e. The Morgan fingerprint density at radius 3 is 2.08 bits per heavy atom. The summed E-state index contributed by atoms with van der Waals surface area (Å²) in [5.41, 5.74) is -0.183. The molecule has 3 N–H and O–H groups in total. The van der Waals surface area contributed by atoms with Crippen LogP contribution >= 0.6 is 0 Å². The third-order valence-electron chi connectivity index (χ3n) is 15.4. The lowest BCUT2D eigenvalue weighted by Crippen LogP contribution is -2.70. The van der Waals surface area contributed by atoms with Gasteiger partial charge in [0, 0.05) is 11.3 Å². The first kappa shape index (κ1) is 31.3. The van der Waals surface area contributed by atoms with E-state index in [-0.39, 0.29) is 40.1 Å². The van der Waals surface area contributed by atoms with Crippen LogP contribution in [0.15, 0.2) is 0 Å². The zero-order valence-corrected chi connectivity index (χ0v) is 27.7. The van der Waals surface area contributed by atoms with E-state index in [1.165, 1.54) is 57.8 Å². The Bertz CT molecular complexity index is 879. The van der Waals surface area contributed by atoms with Crippen LogP contribution in [0.1, 0.15) is 133 Å². The first-order valence-electron chi connectivity index (χ1n) is 17.7. The maximum Gasteiger partial charge on any atom is 0.0656 e. The van der Waals surface area contributed by atoms with Gasteiger partial charge in [0.2, 0.25) is 0 Å². The summed E-state index contributed by atoms with van der Waals surface area (Å²) >= 11 is 0. The second-order valence-electron chi connectivity index (χ2n) is 17.6. The molecule has 15 atom stereocenters. The van der Waals surface area contributed by atoms with E-state index in [1.54, 1.807) is 0 Å². The Morgan fingerprint density at radius 1 is 0.825 bits per heavy atom. The molecule has 40 heavy (non-hydrogen) atoms. The van der Waals surface area contributed by atoms with E-state index in [4.69, 9.17) is 0 Å². The summed E-state index contributed by atoms with van der Waals surface area (Å²) in [5.74, 6) is 5.71. The molecule has 0 aromatic rings. The van der Waals surface area contributed by atoms with Gasteiger partial charge >= 0.3 is 0 Å². The van der Waals surface area contributed by atoms with Gasteiger partial charge in [-0.25, -0.2) is 0 Å². The number of fused-ring (bicyclic) bond motifs is 3. The number of hydrogen-bond acceptors (Lipinski definition) is 3. The molecule has 15 unspecified atom stereocenters. The average Bonchev–Trinajstić information content (AvgIpc) is 2.86. The zero-order chi connectivity index (χ0) is 29.4. The monoisotopic (exact) mass is 559 g/mol. The van der Waals surface area contributed by atoms with E-state index in [9.17, 15) is 15.3 Å². The van der Waals surface area contributed by atoms with E-state index < -0.39 is 12.2 Å². The van der Waals surface area contributed by atoms with E-state index in [0.717, 1.165) is 36.5 Å². The lowest BCUT2D eigenvalue weighted by molar-refractivity contribution is -0.280. The molecule has 0 aromatic heterocycles. The third kappa shape index (κ3) is 4.77. The fraction of sp³-hybridized carbons (Fsp3) is 1.00. The molecule has 0 heterocycles. The Kier molecular flexibility index (Phi) is 8.69. The van der Waals surface area contributed by atoms with Crippen molar-refractivity contribution < 1.29 is 15.3 Å². The zero-order valence-electron chi connectivity index (χ0n) is 27.7. The van der Waals surface area contributed by atoms with Crippen LogP contribution in [0, 0.1) is 81.3 Å². The molecule has 0 amide bonds. The molecule has 0 saturated heterocycles. The van der Waals surface area contributed by atoms with E-state index in [2.05, 4.69) is 55.4 Å². The van der Waals surface area contributed by atoms with Crippen molar-refractivity contribution in [2.75, 3.05) is 0 Å². The normalized spacial score (nSPS) is 56.4. The number of aliphatic hydroxyl groups excluding tert-OH is 3. The Morgan fingerprint density at radius 2 is 1.48 bits per heavy atom. The van der Waals surface area contributed by atoms with Gasteiger partial charge in [-0.1, -0.05) is 81.1 Å². The van der Waals surface area contributed by atoms with Crippen LogP contribution in [0.25, 0.3) is 0 Å². The van der Waals surface area contributed by atoms with Gasteiger partial charge in [0.05, 0.1) is 18.3 Å². The molecule has 0 spiro atoms. The van der Waals surface area contributed by atoms with Crippen LogP contribution in [0.3, 0.4) is 0 Å². The molecule has 5 aliphatic carbocycles. The van der Waals surface area contributed by atoms with Crippen molar-refractivity contribution in [3.63, 3.8) is 0 Å². The molecule has 5 saturated carbocycles. The van der Waals surface area contributed by atoms with Crippen molar-refractivity contribution in [3.8, 4) is 0 Å². The van der Waals surface area contributed by atoms with E-state index in [1.807, 2.05) is 6.92 Å². The molecule has 0 aromatic carbocycles. The first-order chi connectivity index (χ1) is 18.7. The van der Waals surface area contributed by atoms with Crippen molar-refractivity contribution in [2.24, 2.45) is 81.3 Å². The quantitative estimate of drug-likeness (QED) is 0.318. The Labute approximate surface area is 247 Å². The van der Waals surface area contributed by atoms with Crippen molar-refractivity contribution >= 4 is 0 Å². The number of aliphatic hydroxyl groups is 3. The second-order valence-corrected chi connectivity index (χ2v) is 17.6. The van der Waals surface area contributed by atoms with Crippen molar-refractivity contribution in [3.05, 3.63) is 0 Å². The molecule has 0 bridgehead atoms. The molecule has 0 radical (unpaired) electrons. The maximum absolute atomic E-state index is 12.5. The minimum atomic E-state index is -0.534. The molecule has 5 rings (SSSR count). The molecule has 0 aliphatic heterocycles. The highest BCUT2D eigenvalue weighted by atomic mass is 16.3. The predicted molar refractivity (Wildman–Crippen MR) is 166 cm³/mol. The van der Waals surface area contributed by atoms with Gasteiger partial charge in [0.15, 0.2) is 0 Å². The molecular weight excluding hydrogens is 492 g/mol. The largest absolute Gasteiger partial charge is 0.393 e. The smallest absolute Gasteiger partial charge is 0.0656 e. The molecule has 3 nitrogen and oxygen atoms in total. The van der Waals surface area contributed by atoms with E-state index >= 15 is 0 Å². The summed E-state index contributed by atoms with van der Waals surface area (Å²) < 4.78 is 0. The molecular formula is C37H66O3. The topological polar surface area (TPSA) is 60.7 Å². The Hall–Kier alpha value is -0.120. The van der Waals surface area contributed by atoms with Gasteiger partial charge < -0.3 is 15.3 Å². The fourth-order valence-electron chi connectivity index (χ4n) is 13.3. The summed E-state index contributed by atoms with van der Waals surface area (Å²) in [4.78, 5) is 0. The van der Waals surface area contributed by atoms with Gasteiger partial charge in [-0.05, 0) is 122 Å². The fourth-order valence-corrected chi connectivity index (χ4v) is 13.3. The average molecular weight is 559 g/mol. The van der Waals surface area contributed by atoms with Crippen LogP contribution in [0.5, 0.6) is 0 Å². The van der Waals surface area contributed by atoms with Gasteiger partial charge in [-0.3, -0.25) is 0 Å². The second kappa shape index (κ2) is 11.1. The molecule has 5 aliphatic rings. The number of rotatable bonds is 5. The van der Waals surface area contributed by atoms with Gasteiger partial charge in [-0.2, -0.15) is 0 Å². The molecule has 232 valence electrons.